The fraction of sp³-hybridized carbons (Fsp3) is 0.532. The van der Waals surface area contributed by atoms with Gasteiger partial charge in [-0.3, -0.25) is 9.59 Å². The second-order valence-electron chi connectivity index (χ2n) is 12.6. The van der Waals surface area contributed by atoms with Crippen molar-refractivity contribution in [3.63, 3.8) is 0 Å². The normalized spacial score (nSPS) is 13.5. The Morgan fingerprint density at radius 3 is 1.17 bits per heavy atom. The Morgan fingerprint density at radius 1 is 0.442 bits per heavy atom. The molecule has 0 amide bonds. The van der Waals surface area contributed by atoms with Gasteiger partial charge in [0.15, 0.2) is 6.10 Å². The molecular weight excluding hydrogens is 645 g/mol. The van der Waals surface area contributed by atoms with Crippen LogP contribution in [0.2, 0.25) is 0 Å². The van der Waals surface area contributed by atoms with Crippen LogP contribution in [0.3, 0.4) is 0 Å². The molecule has 1 atom stereocenters. The summed E-state index contributed by atoms with van der Waals surface area (Å²) in [5.74, 6) is -0.684. The number of ether oxygens (including phenoxy) is 2. The van der Waals surface area contributed by atoms with E-state index in [9.17, 15) is 14.7 Å². The number of esters is 2. The molecule has 5 nitrogen and oxygen atoms in total. The van der Waals surface area contributed by atoms with Crippen molar-refractivity contribution >= 4 is 11.9 Å². The van der Waals surface area contributed by atoms with Gasteiger partial charge in [0.05, 0.1) is 6.61 Å². The number of carbonyl (C=O) groups excluding carboxylic acids is 2. The van der Waals surface area contributed by atoms with E-state index in [4.69, 9.17) is 9.47 Å². The first kappa shape index (κ1) is 48.3. The summed E-state index contributed by atoms with van der Waals surface area (Å²) in [4.78, 5) is 24.3. The van der Waals surface area contributed by atoms with E-state index >= 15 is 0 Å². The number of unbranched alkanes of at least 4 members (excludes halogenated alkanes) is 6. The van der Waals surface area contributed by atoms with E-state index in [1.54, 1.807) is 0 Å². The Balaban J connectivity index is 3.74. The van der Waals surface area contributed by atoms with E-state index in [0.717, 1.165) is 116 Å². The van der Waals surface area contributed by atoms with Crippen LogP contribution in [-0.2, 0) is 19.1 Å². The number of rotatable bonds is 34. The molecule has 0 fully saturated rings. The first-order valence-corrected chi connectivity index (χ1v) is 20.1. The minimum absolute atomic E-state index is 0.107. The maximum Gasteiger partial charge on any atom is 0.306 e. The van der Waals surface area contributed by atoms with Crippen molar-refractivity contribution in [2.75, 3.05) is 13.2 Å². The van der Waals surface area contributed by atoms with Crippen LogP contribution in [0.15, 0.2) is 122 Å². The van der Waals surface area contributed by atoms with Crippen molar-refractivity contribution in [3.8, 4) is 0 Å². The SMILES string of the molecule is CC/C=C\C/C=C\C/C=C\C/C=C\C/C=C\C/C=C\CCCCCCC(=O)OC(CO)COC(=O)CCCC/C=C\C/C=C\C/C=C\C/C=C\CC. The zero-order valence-electron chi connectivity index (χ0n) is 32.8. The fourth-order valence-electron chi connectivity index (χ4n) is 4.78. The molecule has 0 aliphatic heterocycles. The van der Waals surface area contributed by atoms with Gasteiger partial charge in [-0.15, -0.1) is 0 Å². The molecular formula is C47H72O5. The minimum atomic E-state index is -0.811. The molecule has 0 radical (unpaired) electrons. The maximum atomic E-state index is 12.2. The highest BCUT2D eigenvalue weighted by molar-refractivity contribution is 5.70. The molecule has 0 aliphatic carbocycles. The average Bonchev–Trinajstić information content (AvgIpc) is 3.15. The van der Waals surface area contributed by atoms with E-state index in [1.807, 2.05) is 0 Å². The lowest BCUT2D eigenvalue weighted by molar-refractivity contribution is -0.161. The van der Waals surface area contributed by atoms with Gasteiger partial charge in [-0.05, 0) is 103 Å². The van der Waals surface area contributed by atoms with Crippen LogP contribution >= 0.6 is 0 Å². The van der Waals surface area contributed by atoms with Crippen LogP contribution in [0, 0.1) is 0 Å². The Hall–Kier alpha value is -3.70. The lowest BCUT2D eigenvalue weighted by Gasteiger charge is -2.15. The van der Waals surface area contributed by atoms with Crippen LogP contribution in [-0.4, -0.2) is 36.4 Å². The maximum absolute atomic E-state index is 12.2. The Labute approximate surface area is 318 Å². The van der Waals surface area contributed by atoms with Gasteiger partial charge in [-0.2, -0.15) is 0 Å². The van der Waals surface area contributed by atoms with Gasteiger partial charge in [0.25, 0.3) is 0 Å². The van der Waals surface area contributed by atoms with Gasteiger partial charge >= 0.3 is 11.9 Å². The van der Waals surface area contributed by atoms with Crippen molar-refractivity contribution in [3.05, 3.63) is 122 Å². The number of hydrogen-bond donors (Lipinski definition) is 1. The summed E-state index contributed by atoms with van der Waals surface area (Å²) in [6.45, 7) is 3.82. The van der Waals surface area contributed by atoms with Crippen molar-refractivity contribution in [1.82, 2.24) is 0 Å². The summed E-state index contributed by atoms with van der Waals surface area (Å²) < 4.78 is 10.6. The van der Waals surface area contributed by atoms with Gasteiger partial charge in [-0.25, -0.2) is 0 Å². The van der Waals surface area contributed by atoms with E-state index < -0.39 is 6.10 Å². The number of allylic oxidation sites excluding steroid dienone is 20. The molecule has 0 aliphatic rings. The predicted molar refractivity (Wildman–Crippen MR) is 223 cm³/mol. The first-order chi connectivity index (χ1) is 25.6. The van der Waals surface area contributed by atoms with Crippen molar-refractivity contribution in [1.29, 1.82) is 0 Å². The molecule has 0 heterocycles. The molecule has 0 rings (SSSR count). The Kier molecular flexibility index (Phi) is 38.8. The smallest absolute Gasteiger partial charge is 0.306 e. The Bertz CT molecular complexity index is 1130. The molecule has 0 aromatic heterocycles. The highest BCUT2D eigenvalue weighted by atomic mass is 16.6. The van der Waals surface area contributed by atoms with E-state index in [2.05, 4.69) is 135 Å². The quantitative estimate of drug-likeness (QED) is 0.0408. The standard InChI is InChI=1S/C47H72O5/c1-3-5-7-9-11-13-15-17-19-20-21-22-23-24-25-26-28-30-32-34-36-38-40-42-47(50)52-45(43-48)44-51-46(49)41-39-37-35-33-31-29-27-18-16-14-12-10-8-6-4-2/h5-8,11-14,17-19,21-22,24-25,27-28,30-31,33,45,48H,3-4,9-10,15-16,20,23,26,29,32,34-44H2,1-2H3/b7-5-,8-6-,13-11-,14-12-,19-17-,22-21-,25-24-,27-18-,30-28-,33-31-. The highest BCUT2D eigenvalue weighted by Crippen LogP contribution is 2.09. The molecule has 0 bridgehead atoms. The van der Waals surface area contributed by atoms with Crippen LogP contribution in [0.5, 0.6) is 0 Å². The lowest BCUT2D eigenvalue weighted by Crippen LogP contribution is -2.28. The number of carbonyl (C=O) groups is 2. The predicted octanol–water partition coefficient (Wildman–Crippen LogP) is 12.8. The monoisotopic (exact) mass is 717 g/mol. The second kappa shape index (κ2) is 41.7. The molecule has 1 N–H and O–H groups in total. The first-order valence-electron chi connectivity index (χ1n) is 20.1. The molecule has 0 saturated carbocycles. The van der Waals surface area contributed by atoms with Crippen LogP contribution < -0.4 is 0 Å². The summed E-state index contributed by atoms with van der Waals surface area (Å²) in [6, 6.07) is 0. The molecule has 0 saturated heterocycles. The van der Waals surface area contributed by atoms with Crippen molar-refractivity contribution < 1.29 is 24.2 Å². The topological polar surface area (TPSA) is 72.8 Å². The third-order valence-corrected chi connectivity index (χ3v) is 7.75. The average molecular weight is 717 g/mol. The van der Waals surface area contributed by atoms with Crippen LogP contribution in [0.4, 0.5) is 0 Å². The van der Waals surface area contributed by atoms with Gasteiger partial charge in [0.1, 0.15) is 6.61 Å². The van der Waals surface area contributed by atoms with Gasteiger partial charge in [0.2, 0.25) is 0 Å². The van der Waals surface area contributed by atoms with Gasteiger partial charge in [-0.1, -0.05) is 148 Å². The summed E-state index contributed by atoms with van der Waals surface area (Å²) >= 11 is 0. The summed E-state index contributed by atoms with van der Waals surface area (Å²) in [6.07, 6.45) is 61.2. The largest absolute Gasteiger partial charge is 0.462 e. The van der Waals surface area contributed by atoms with Gasteiger partial charge in [0, 0.05) is 12.8 Å². The lowest BCUT2D eigenvalue weighted by atomic mass is 10.1. The molecule has 290 valence electrons. The van der Waals surface area contributed by atoms with E-state index in [0.29, 0.717) is 12.8 Å². The molecule has 0 aromatic rings. The fourth-order valence-corrected chi connectivity index (χ4v) is 4.78. The third kappa shape index (κ3) is 39.1. The number of hydrogen-bond acceptors (Lipinski definition) is 5. The molecule has 52 heavy (non-hydrogen) atoms. The van der Waals surface area contributed by atoms with Crippen molar-refractivity contribution in [2.45, 2.75) is 148 Å². The summed E-state index contributed by atoms with van der Waals surface area (Å²) in [5.41, 5.74) is 0. The summed E-state index contributed by atoms with van der Waals surface area (Å²) in [7, 11) is 0. The minimum Gasteiger partial charge on any atom is -0.462 e. The van der Waals surface area contributed by atoms with E-state index in [-0.39, 0.29) is 25.2 Å². The number of aliphatic hydroxyl groups is 1. The highest BCUT2D eigenvalue weighted by Gasteiger charge is 2.16. The van der Waals surface area contributed by atoms with Crippen LogP contribution in [0.1, 0.15) is 142 Å². The third-order valence-electron chi connectivity index (χ3n) is 7.75. The Morgan fingerprint density at radius 2 is 0.769 bits per heavy atom. The van der Waals surface area contributed by atoms with Crippen LogP contribution in [0.25, 0.3) is 0 Å². The van der Waals surface area contributed by atoms with E-state index in [1.165, 1.54) is 0 Å². The zero-order valence-corrected chi connectivity index (χ0v) is 32.8. The molecule has 0 aromatic carbocycles. The van der Waals surface area contributed by atoms with Gasteiger partial charge < -0.3 is 14.6 Å². The van der Waals surface area contributed by atoms with Crippen molar-refractivity contribution in [2.24, 2.45) is 0 Å². The molecule has 5 heteroatoms. The second-order valence-corrected chi connectivity index (χ2v) is 12.6. The summed E-state index contributed by atoms with van der Waals surface area (Å²) in [5, 5.41) is 9.56. The molecule has 0 spiro atoms. The molecule has 1 unspecified atom stereocenters. The zero-order chi connectivity index (χ0) is 37.8. The number of aliphatic hydroxyl groups excluding tert-OH is 1.